The van der Waals surface area contributed by atoms with Gasteiger partial charge in [0.25, 0.3) is 0 Å². The number of hydrogen-bond donors (Lipinski definition) is 1. The average molecular weight is 663 g/mol. The Labute approximate surface area is 282 Å². The highest BCUT2D eigenvalue weighted by Gasteiger charge is 2.54. The van der Waals surface area contributed by atoms with E-state index in [1.807, 2.05) is 66.7 Å². The molecule has 0 amide bonds. The van der Waals surface area contributed by atoms with Crippen molar-refractivity contribution < 1.29 is 33.2 Å². The molecular weight excluding hydrogens is 609 g/mol. The summed E-state index contributed by atoms with van der Waals surface area (Å²) in [7, 11) is -2.39. The highest BCUT2D eigenvalue weighted by Crippen LogP contribution is 2.42. The summed E-state index contributed by atoms with van der Waals surface area (Å²) in [6.07, 6.45) is 0.821. The van der Waals surface area contributed by atoms with Crippen molar-refractivity contribution in [1.29, 1.82) is 0 Å². The van der Waals surface area contributed by atoms with Crippen LogP contribution in [0.25, 0.3) is 0 Å². The SMILES string of the molecule is CC(C)(C)[Si](C)(C)O[C@H]1[C@H](OC2(O)CCCCC2)O[C@H](COCc2ccccc2)[C@@H](OCc2ccccc2)[C@@H]1OCc1ccccc1. The molecule has 7 nitrogen and oxygen atoms in total. The average Bonchev–Trinajstić information content (AvgIpc) is 3.05. The minimum atomic E-state index is -2.39. The third kappa shape index (κ3) is 10.1. The van der Waals surface area contributed by atoms with Gasteiger partial charge in [0.2, 0.25) is 0 Å². The van der Waals surface area contributed by atoms with Crippen LogP contribution in [0.4, 0.5) is 0 Å². The number of aliphatic hydroxyl groups is 1. The Morgan fingerprint density at radius 2 is 1.19 bits per heavy atom. The van der Waals surface area contributed by atoms with Crippen molar-refractivity contribution >= 4 is 8.32 Å². The standard InChI is InChI=1S/C39H54O7Si/c1-38(2,3)47(4,5)46-36-35(43-28-32-22-14-8-15-23-32)34(42-27-31-20-12-7-13-21-31)33(29-41-26-30-18-10-6-11-19-30)44-37(36)45-39(40)24-16-9-17-25-39/h6-8,10-15,18-23,33-37,40H,9,16-17,24-29H2,1-5H3/t33-,34-,35+,36-,37+/m1/s1. The largest absolute Gasteiger partial charge is 0.406 e. The first-order valence-corrected chi connectivity index (χ1v) is 20.1. The van der Waals surface area contributed by atoms with Crippen LogP contribution in [0.15, 0.2) is 91.0 Å². The number of rotatable bonds is 14. The Bertz CT molecular complexity index is 1330. The van der Waals surface area contributed by atoms with Crippen LogP contribution in [0, 0.1) is 0 Å². The van der Waals surface area contributed by atoms with Crippen molar-refractivity contribution in [3.63, 3.8) is 0 Å². The molecule has 0 aromatic heterocycles. The Morgan fingerprint density at radius 1 is 0.702 bits per heavy atom. The summed E-state index contributed by atoms with van der Waals surface area (Å²) >= 11 is 0. The molecular formula is C39H54O7Si. The van der Waals surface area contributed by atoms with E-state index < -0.39 is 44.8 Å². The predicted octanol–water partition coefficient (Wildman–Crippen LogP) is 8.16. The molecule has 0 radical (unpaired) electrons. The van der Waals surface area contributed by atoms with Crippen LogP contribution < -0.4 is 0 Å². The minimum Gasteiger partial charge on any atom is -0.406 e. The van der Waals surface area contributed by atoms with E-state index in [4.69, 9.17) is 28.1 Å². The van der Waals surface area contributed by atoms with E-state index in [0.717, 1.165) is 36.0 Å². The fourth-order valence-electron chi connectivity index (χ4n) is 5.98. The van der Waals surface area contributed by atoms with Crippen molar-refractivity contribution in [2.24, 2.45) is 0 Å². The molecule has 3 aromatic carbocycles. The van der Waals surface area contributed by atoms with Gasteiger partial charge in [-0.3, -0.25) is 0 Å². The molecule has 3 aromatic rings. The van der Waals surface area contributed by atoms with Gasteiger partial charge in [-0.1, -0.05) is 118 Å². The molecule has 1 saturated heterocycles. The fourth-order valence-corrected chi connectivity index (χ4v) is 7.26. The van der Waals surface area contributed by atoms with E-state index in [-0.39, 0.29) is 11.6 Å². The molecule has 47 heavy (non-hydrogen) atoms. The number of hydrogen-bond acceptors (Lipinski definition) is 7. The van der Waals surface area contributed by atoms with E-state index in [9.17, 15) is 5.11 Å². The van der Waals surface area contributed by atoms with Gasteiger partial charge in [0.1, 0.15) is 24.4 Å². The van der Waals surface area contributed by atoms with Gasteiger partial charge in [0, 0.05) is 12.8 Å². The molecule has 8 heteroatoms. The van der Waals surface area contributed by atoms with Gasteiger partial charge >= 0.3 is 0 Å². The lowest BCUT2D eigenvalue weighted by atomic mass is 9.93. The van der Waals surface area contributed by atoms with Gasteiger partial charge in [0.15, 0.2) is 20.4 Å². The lowest BCUT2D eigenvalue weighted by Crippen LogP contribution is -2.65. The van der Waals surface area contributed by atoms with E-state index in [1.165, 1.54) is 0 Å². The van der Waals surface area contributed by atoms with Gasteiger partial charge in [0.05, 0.1) is 26.4 Å². The molecule has 1 aliphatic carbocycles. The third-order valence-corrected chi connectivity index (χ3v) is 14.2. The maximum absolute atomic E-state index is 11.7. The van der Waals surface area contributed by atoms with Gasteiger partial charge in [-0.05, 0) is 47.7 Å². The second-order valence-electron chi connectivity index (χ2n) is 14.5. The van der Waals surface area contributed by atoms with E-state index in [2.05, 4.69) is 58.1 Å². The molecule has 5 rings (SSSR count). The normalized spacial score (nSPS) is 25.0. The van der Waals surface area contributed by atoms with Crippen LogP contribution in [0.1, 0.15) is 69.6 Å². The first kappa shape index (κ1) is 35.9. The van der Waals surface area contributed by atoms with Gasteiger partial charge in [-0.25, -0.2) is 0 Å². The predicted molar refractivity (Wildman–Crippen MR) is 186 cm³/mol. The monoisotopic (exact) mass is 662 g/mol. The summed E-state index contributed by atoms with van der Waals surface area (Å²) in [6, 6.07) is 30.4. The lowest BCUT2D eigenvalue weighted by molar-refractivity contribution is -0.372. The molecule has 0 unspecified atom stereocenters. The molecule has 1 saturated carbocycles. The zero-order valence-electron chi connectivity index (χ0n) is 28.8. The molecule has 5 atom stereocenters. The third-order valence-electron chi connectivity index (χ3n) is 9.76. The van der Waals surface area contributed by atoms with Crippen LogP contribution in [0.3, 0.4) is 0 Å². The van der Waals surface area contributed by atoms with Crippen LogP contribution >= 0.6 is 0 Å². The Balaban J connectivity index is 1.50. The Kier molecular flexibility index (Phi) is 12.5. The molecule has 0 spiro atoms. The molecule has 1 heterocycles. The second kappa shape index (κ2) is 16.3. The summed E-state index contributed by atoms with van der Waals surface area (Å²) in [5.74, 6) is -1.30. The topological polar surface area (TPSA) is 75.6 Å². The van der Waals surface area contributed by atoms with Gasteiger partial charge < -0.3 is 33.2 Å². The number of ether oxygens (including phenoxy) is 5. The Morgan fingerprint density at radius 3 is 1.70 bits per heavy atom. The van der Waals surface area contributed by atoms with Crippen molar-refractivity contribution in [3.8, 4) is 0 Å². The number of benzene rings is 3. The molecule has 1 aliphatic heterocycles. The Hall–Kier alpha value is -2.40. The minimum absolute atomic E-state index is 0.0840. The second-order valence-corrected chi connectivity index (χ2v) is 19.3. The summed E-state index contributed by atoms with van der Waals surface area (Å²) in [6.45, 7) is 12.5. The molecule has 2 aliphatic rings. The van der Waals surface area contributed by atoms with E-state index in [1.54, 1.807) is 0 Å². The molecule has 2 fully saturated rings. The maximum atomic E-state index is 11.7. The van der Waals surface area contributed by atoms with Crippen LogP contribution in [-0.4, -0.2) is 56.5 Å². The zero-order valence-corrected chi connectivity index (χ0v) is 29.8. The summed E-state index contributed by atoms with van der Waals surface area (Å²) < 4.78 is 40.6. The van der Waals surface area contributed by atoms with Gasteiger partial charge in [-0.15, -0.1) is 0 Å². The highest BCUT2D eigenvalue weighted by molar-refractivity contribution is 6.74. The molecule has 256 valence electrons. The van der Waals surface area contributed by atoms with Crippen molar-refractivity contribution in [3.05, 3.63) is 108 Å². The molecule has 1 N–H and O–H groups in total. The maximum Gasteiger partial charge on any atom is 0.192 e. The van der Waals surface area contributed by atoms with E-state index in [0.29, 0.717) is 32.7 Å². The van der Waals surface area contributed by atoms with Crippen molar-refractivity contribution in [1.82, 2.24) is 0 Å². The summed E-state index contributed by atoms with van der Waals surface area (Å²) in [4.78, 5) is 0. The quantitative estimate of drug-likeness (QED) is 0.138. The van der Waals surface area contributed by atoms with Crippen molar-refractivity contribution in [2.75, 3.05) is 6.61 Å². The smallest absolute Gasteiger partial charge is 0.192 e. The summed E-state index contributed by atoms with van der Waals surface area (Å²) in [5.41, 5.74) is 3.17. The van der Waals surface area contributed by atoms with Crippen LogP contribution in [-0.2, 0) is 47.9 Å². The van der Waals surface area contributed by atoms with E-state index >= 15 is 0 Å². The van der Waals surface area contributed by atoms with Crippen molar-refractivity contribution in [2.45, 2.75) is 127 Å². The first-order valence-electron chi connectivity index (χ1n) is 17.2. The van der Waals surface area contributed by atoms with Crippen LogP contribution in [0.2, 0.25) is 18.1 Å². The fraction of sp³-hybridized carbons (Fsp3) is 0.538. The zero-order chi connectivity index (χ0) is 33.3. The first-order chi connectivity index (χ1) is 22.5. The van der Waals surface area contributed by atoms with Crippen LogP contribution in [0.5, 0.6) is 0 Å². The summed E-state index contributed by atoms with van der Waals surface area (Å²) in [5, 5.41) is 11.6. The molecule has 0 bridgehead atoms. The highest BCUT2D eigenvalue weighted by atomic mass is 28.4. The van der Waals surface area contributed by atoms with Gasteiger partial charge in [-0.2, -0.15) is 0 Å². The lowest BCUT2D eigenvalue weighted by Gasteiger charge is -2.51.